The SMILES string of the molecule is CCOc1ccc(C(=O)CC2CCC(CCCF)CC2)c(O)c1F. The summed E-state index contributed by atoms with van der Waals surface area (Å²) in [6.07, 6.45) is 5.75. The van der Waals surface area contributed by atoms with Crippen molar-refractivity contribution in [2.75, 3.05) is 13.3 Å². The van der Waals surface area contributed by atoms with Gasteiger partial charge in [0.15, 0.2) is 17.3 Å². The molecule has 0 atom stereocenters. The quantitative estimate of drug-likeness (QED) is 0.673. The van der Waals surface area contributed by atoms with Crippen molar-refractivity contribution in [1.82, 2.24) is 0 Å². The van der Waals surface area contributed by atoms with Crippen molar-refractivity contribution in [3.05, 3.63) is 23.5 Å². The van der Waals surface area contributed by atoms with Crippen LogP contribution in [0.1, 0.15) is 62.2 Å². The first-order valence-electron chi connectivity index (χ1n) is 8.80. The number of aromatic hydroxyl groups is 1. The van der Waals surface area contributed by atoms with E-state index in [4.69, 9.17) is 4.74 Å². The van der Waals surface area contributed by atoms with Crippen molar-refractivity contribution in [3.63, 3.8) is 0 Å². The molecule has 0 amide bonds. The largest absolute Gasteiger partial charge is 0.504 e. The number of rotatable bonds is 8. The molecule has 1 aliphatic carbocycles. The Morgan fingerprint density at radius 3 is 2.54 bits per heavy atom. The molecule has 0 aromatic heterocycles. The predicted octanol–water partition coefficient (Wildman–Crippen LogP) is 5.06. The van der Waals surface area contributed by atoms with Crippen LogP contribution < -0.4 is 4.74 Å². The van der Waals surface area contributed by atoms with Crippen molar-refractivity contribution in [2.24, 2.45) is 11.8 Å². The van der Waals surface area contributed by atoms with E-state index in [1.807, 2.05) is 0 Å². The zero-order valence-electron chi connectivity index (χ0n) is 14.2. The van der Waals surface area contributed by atoms with Gasteiger partial charge in [0.1, 0.15) is 0 Å². The fraction of sp³-hybridized carbons (Fsp3) is 0.632. The number of ketones is 1. The van der Waals surface area contributed by atoms with E-state index in [0.717, 1.165) is 32.1 Å². The second kappa shape index (κ2) is 9.00. The van der Waals surface area contributed by atoms with Crippen LogP contribution in [-0.2, 0) is 0 Å². The van der Waals surface area contributed by atoms with Gasteiger partial charge in [0, 0.05) is 6.42 Å². The average Bonchev–Trinajstić information content (AvgIpc) is 2.58. The topological polar surface area (TPSA) is 46.5 Å². The second-order valence-electron chi connectivity index (χ2n) is 6.55. The van der Waals surface area contributed by atoms with Gasteiger partial charge in [0.05, 0.1) is 18.8 Å². The number of hydrogen-bond donors (Lipinski definition) is 1. The Labute approximate surface area is 142 Å². The van der Waals surface area contributed by atoms with E-state index >= 15 is 0 Å². The van der Waals surface area contributed by atoms with Gasteiger partial charge in [0.25, 0.3) is 0 Å². The number of carbonyl (C=O) groups is 1. The summed E-state index contributed by atoms with van der Waals surface area (Å²) in [6, 6.07) is 2.82. The molecule has 0 saturated heterocycles. The van der Waals surface area contributed by atoms with E-state index in [1.165, 1.54) is 12.1 Å². The third-order valence-electron chi connectivity index (χ3n) is 4.87. The monoisotopic (exact) mass is 340 g/mol. The molecular weight excluding hydrogens is 314 g/mol. The van der Waals surface area contributed by atoms with Crippen LogP contribution in [0.2, 0.25) is 0 Å². The fourth-order valence-corrected chi connectivity index (χ4v) is 3.50. The molecule has 0 aliphatic heterocycles. The van der Waals surface area contributed by atoms with Gasteiger partial charge in [-0.2, -0.15) is 4.39 Å². The minimum atomic E-state index is -0.877. The van der Waals surface area contributed by atoms with Crippen LogP contribution in [0.4, 0.5) is 8.78 Å². The second-order valence-corrected chi connectivity index (χ2v) is 6.55. The van der Waals surface area contributed by atoms with E-state index in [1.54, 1.807) is 6.92 Å². The molecule has 0 bridgehead atoms. The van der Waals surface area contributed by atoms with Crippen LogP contribution in [0.25, 0.3) is 0 Å². The molecule has 1 aromatic carbocycles. The number of phenols is 1. The molecular formula is C19H26F2O3. The molecule has 1 N–H and O–H groups in total. The summed E-state index contributed by atoms with van der Waals surface area (Å²) in [5.74, 6) is -0.960. The van der Waals surface area contributed by atoms with Gasteiger partial charge >= 0.3 is 0 Å². The van der Waals surface area contributed by atoms with E-state index in [0.29, 0.717) is 18.8 Å². The number of halogens is 2. The van der Waals surface area contributed by atoms with Crippen molar-refractivity contribution < 1.29 is 23.4 Å². The summed E-state index contributed by atoms with van der Waals surface area (Å²) >= 11 is 0. The van der Waals surface area contributed by atoms with Gasteiger partial charge in [0.2, 0.25) is 5.82 Å². The van der Waals surface area contributed by atoms with Crippen LogP contribution in [-0.4, -0.2) is 24.2 Å². The number of hydrogen-bond acceptors (Lipinski definition) is 3. The summed E-state index contributed by atoms with van der Waals surface area (Å²) in [6.45, 7) is 1.75. The lowest BCUT2D eigenvalue weighted by Crippen LogP contribution is -2.18. The molecule has 1 aromatic rings. The van der Waals surface area contributed by atoms with Crippen molar-refractivity contribution in [1.29, 1.82) is 0 Å². The number of benzene rings is 1. The van der Waals surface area contributed by atoms with E-state index in [-0.39, 0.29) is 36.3 Å². The summed E-state index contributed by atoms with van der Waals surface area (Å²) < 4.78 is 31.3. The highest BCUT2D eigenvalue weighted by atomic mass is 19.1. The lowest BCUT2D eigenvalue weighted by atomic mass is 9.78. The van der Waals surface area contributed by atoms with Gasteiger partial charge in [-0.25, -0.2) is 0 Å². The molecule has 3 nitrogen and oxygen atoms in total. The van der Waals surface area contributed by atoms with Crippen LogP contribution in [0.5, 0.6) is 11.5 Å². The summed E-state index contributed by atoms with van der Waals surface area (Å²) in [4.78, 5) is 12.4. The lowest BCUT2D eigenvalue weighted by molar-refractivity contribution is 0.0938. The molecule has 2 rings (SSSR count). The Bertz CT molecular complexity index is 552. The number of alkyl halides is 1. The first-order valence-corrected chi connectivity index (χ1v) is 8.80. The van der Waals surface area contributed by atoms with E-state index < -0.39 is 11.6 Å². The maximum absolute atomic E-state index is 14.0. The van der Waals surface area contributed by atoms with Crippen molar-refractivity contribution in [3.8, 4) is 11.5 Å². The number of ether oxygens (including phenoxy) is 1. The molecule has 0 heterocycles. The highest BCUT2D eigenvalue weighted by Gasteiger charge is 2.25. The van der Waals surface area contributed by atoms with Crippen LogP contribution in [0, 0.1) is 17.7 Å². The van der Waals surface area contributed by atoms with Gasteiger partial charge < -0.3 is 9.84 Å². The van der Waals surface area contributed by atoms with Gasteiger partial charge in [-0.15, -0.1) is 0 Å². The summed E-state index contributed by atoms with van der Waals surface area (Å²) in [7, 11) is 0. The highest BCUT2D eigenvalue weighted by molar-refractivity contribution is 5.99. The molecule has 1 saturated carbocycles. The smallest absolute Gasteiger partial charge is 0.207 e. The molecule has 134 valence electrons. The Hall–Kier alpha value is -1.65. The molecule has 0 radical (unpaired) electrons. The number of phenolic OH excluding ortho intramolecular Hbond substituents is 1. The third kappa shape index (κ3) is 4.68. The van der Waals surface area contributed by atoms with E-state index in [2.05, 4.69) is 0 Å². The van der Waals surface area contributed by atoms with E-state index in [9.17, 15) is 18.7 Å². The highest BCUT2D eigenvalue weighted by Crippen LogP contribution is 2.36. The van der Waals surface area contributed by atoms with Gasteiger partial charge in [-0.05, 0) is 56.6 Å². The normalized spacial score (nSPS) is 20.8. The summed E-state index contributed by atoms with van der Waals surface area (Å²) in [5.41, 5.74) is 0.0236. The molecule has 0 unspecified atom stereocenters. The predicted molar refractivity (Wildman–Crippen MR) is 88.8 cm³/mol. The molecule has 1 fully saturated rings. The minimum absolute atomic E-state index is 0.0236. The Morgan fingerprint density at radius 2 is 1.92 bits per heavy atom. The average molecular weight is 340 g/mol. The Kier molecular flexibility index (Phi) is 7.00. The minimum Gasteiger partial charge on any atom is -0.504 e. The van der Waals surface area contributed by atoms with Crippen molar-refractivity contribution in [2.45, 2.75) is 51.9 Å². The molecule has 24 heavy (non-hydrogen) atoms. The summed E-state index contributed by atoms with van der Waals surface area (Å²) in [5, 5.41) is 9.93. The number of Topliss-reactive ketones (excluding diaryl/α,β-unsaturated/α-hetero) is 1. The zero-order valence-corrected chi connectivity index (χ0v) is 14.2. The van der Waals surface area contributed by atoms with Crippen molar-refractivity contribution >= 4 is 5.78 Å². The molecule has 0 spiro atoms. The van der Waals surface area contributed by atoms with Crippen LogP contribution in [0.3, 0.4) is 0 Å². The van der Waals surface area contributed by atoms with Gasteiger partial charge in [-0.1, -0.05) is 12.8 Å². The van der Waals surface area contributed by atoms with Crippen LogP contribution >= 0.6 is 0 Å². The van der Waals surface area contributed by atoms with Crippen LogP contribution in [0.15, 0.2) is 12.1 Å². The number of carbonyl (C=O) groups excluding carboxylic acids is 1. The Balaban J connectivity index is 1.93. The first kappa shape index (κ1) is 18.7. The maximum Gasteiger partial charge on any atom is 0.207 e. The standard InChI is InChI=1S/C19H26F2O3/c1-2-24-17-10-9-15(19(23)18(17)21)16(22)12-14-7-5-13(6-8-14)4-3-11-20/h9-10,13-14,23H,2-8,11-12H2,1H3. The molecule has 1 aliphatic rings. The van der Waals surface area contributed by atoms with Gasteiger partial charge in [-0.3, -0.25) is 9.18 Å². The lowest BCUT2D eigenvalue weighted by Gasteiger charge is -2.28. The third-order valence-corrected chi connectivity index (χ3v) is 4.87. The first-order chi connectivity index (χ1) is 11.6. The zero-order chi connectivity index (χ0) is 17.5. The maximum atomic E-state index is 14.0. The fourth-order valence-electron chi connectivity index (χ4n) is 3.50. The Morgan fingerprint density at radius 1 is 1.25 bits per heavy atom. The molecule has 5 heteroatoms.